The highest BCUT2D eigenvalue weighted by molar-refractivity contribution is 5.89. The highest BCUT2D eigenvalue weighted by Gasteiger charge is 2.28. The van der Waals surface area contributed by atoms with Gasteiger partial charge in [-0.15, -0.1) is 0 Å². The summed E-state index contributed by atoms with van der Waals surface area (Å²) >= 11 is 0. The van der Waals surface area contributed by atoms with Crippen LogP contribution >= 0.6 is 0 Å². The number of aryl methyl sites for hydroxylation is 1. The molecule has 118 valence electrons. The Kier molecular flexibility index (Phi) is 6.29. The highest BCUT2D eigenvalue weighted by Crippen LogP contribution is 2.24. The molecule has 3 N–H and O–H groups in total. The maximum atomic E-state index is 12.1. The third kappa shape index (κ3) is 6.84. The number of amides is 2. The molecule has 0 atom stereocenters. The number of hydrogen-bond donors (Lipinski definition) is 3. The van der Waals surface area contributed by atoms with Gasteiger partial charge in [-0.25, -0.2) is 4.79 Å². The molecule has 0 saturated carbocycles. The molecule has 0 bridgehead atoms. The molecule has 0 saturated heterocycles. The summed E-state index contributed by atoms with van der Waals surface area (Å²) in [4.78, 5) is 11.5. The van der Waals surface area contributed by atoms with E-state index in [1.807, 2.05) is 0 Å². The lowest BCUT2D eigenvalue weighted by molar-refractivity contribution is -0.153. The number of carbonyl (C=O) groups excluding carboxylic acids is 1. The zero-order chi connectivity index (χ0) is 15.9. The molecule has 0 heterocycles. The number of ether oxygens (including phenoxy) is 1. The molecule has 0 radical (unpaired) electrons. The second kappa shape index (κ2) is 7.72. The molecule has 0 spiro atoms. The van der Waals surface area contributed by atoms with Gasteiger partial charge in [0.15, 0.2) is 6.61 Å². The molecule has 0 unspecified atom stereocenters. The smallest absolute Gasteiger partial charge is 0.422 e. The minimum Gasteiger partial charge on any atom is -0.484 e. The maximum Gasteiger partial charge on any atom is 0.422 e. The van der Waals surface area contributed by atoms with Gasteiger partial charge in [0, 0.05) is 18.8 Å². The molecular weight excluding hydrogens is 289 g/mol. The summed E-state index contributed by atoms with van der Waals surface area (Å²) in [6.45, 7) is 0.529. The highest BCUT2D eigenvalue weighted by atomic mass is 19.4. The normalized spacial score (nSPS) is 11.1. The average molecular weight is 306 g/mol. The summed E-state index contributed by atoms with van der Waals surface area (Å²) in [6, 6.07) is 3.87. The van der Waals surface area contributed by atoms with Gasteiger partial charge in [-0.05, 0) is 37.1 Å². The van der Waals surface area contributed by atoms with Gasteiger partial charge >= 0.3 is 12.2 Å². The Morgan fingerprint density at radius 1 is 1.38 bits per heavy atom. The van der Waals surface area contributed by atoms with Gasteiger partial charge in [-0.3, -0.25) is 0 Å². The third-order valence-electron chi connectivity index (χ3n) is 2.44. The number of nitrogens with one attached hydrogen (secondary N) is 2. The number of halogens is 3. The number of hydrogen-bond acceptors (Lipinski definition) is 3. The molecule has 0 aliphatic carbocycles. The lowest BCUT2D eigenvalue weighted by Crippen LogP contribution is -2.29. The first kappa shape index (κ1) is 17.1. The number of alkyl halides is 3. The van der Waals surface area contributed by atoms with Crippen LogP contribution in [0.3, 0.4) is 0 Å². The predicted octanol–water partition coefficient (Wildman–Crippen LogP) is 2.44. The molecule has 0 aliphatic rings. The number of carbonyl (C=O) groups is 1. The van der Waals surface area contributed by atoms with Crippen molar-refractivity contribution in [1.29, 1.82) is 0 Å². The Morgan fingerprint density at radius 3 is 2.67 bits per heavy atom. The zero-order valence-electron chi connectivity index (χ0n) is 11.5. The van der Waals surface area contributed by atoms with Gasteiger partial charge in [0.05, 0.1) is 0 Å². The third-order valence-corrected chi connectivity index (χ3v) is 2.44. The van der Waals surface area contributed by atoms with Crippen molar-refractivity contribution >= 4 is 11.7 Å². The molecule has 1 aromatic rings. The van der Waals surface area contributed by atoms with Crippen LogP contribution in [0, 0.1) is 6.92 Å². The van der Waals surface area contributed by atoms with Crippen molar-refractivity contribution in [2.24, 2.45) is 0 Å². The van der Waals surface area contributed by atoms with Crippen LogP contribution in [-0.4, -0.2) is 37.1 Å². The fourth-order valence-electron chi connectivity index (χ4n) is 1.50. The SMILES string of the molecule is Cc1cc(NC(=O)NCCCO)ccc1OCC(F)(F)F. The summed E-state index contributed by atoms with van der Waals surface area (Å²) < 4.78 is 40.9. The molecule has 8 heteroatoms. The number of benzene rings is 1. The van der Waals surface area contributed by atoms with Crippen molar-refractivity contribution in [3.63, 3.8) is 0 Å². The van der Waals surface area contributed by atoms with Crippen LogP contribution in [0.15, 0.2) is 18.2 Å². The Balaban J connectivity index is 2.55. The number of anilines is 1. The predicted molar refractivity (Wildman–Crippen MR) is 71.5 cm³/mol. The first-order valence-electron chi connectivity index (χ1n) is 6.28. The van der Waals surface area contributed by atoms with E-state index in [0.717, 1.165) is 0 Å². The molecule has 1 aromatic carbocycles. The minimum atomic E-state index is -4.39. The number of aliphatic hydroxyl groups excluding tert-OH is 1. The number of aliphatic hydroxyl groups is 1. The van der Waals surface area contributed by atoms with Crippen LogP contribution in [0.5, 0.6) is 5.75 Å². The largest absolute Gasteiger partial charge is 0.484 e. The minimum absolute atomic E-state index is 0.0232. The van der Waals surface area contributed by atoms with E-state index in [1.165, 1.54) is 18.2 Å². The summed E-state index contributed by atoms with van der Waals surface area (Å²) in [5, 5.41) is 13.6. The topological polar surface area (TPSA) is 70.6 Å². The Hall–Kier alpha value is -1.96. The lowest BCUT2D eigenvalue weighted by Gasteiger charge is -2.13. The fraction of sp³-hybridized carbons (Fsp3) is 0.462. The monoisotopic (exact) mass is 306 g/mol. The molecular formula is C13H17F3N2O3. The second-order valence-corrected chi connectivity index (χ2v) is 4.34. The standard InChI is InChI=1S/C13H17F3N2O3/c1-9-7-10(18-12(20)17-5-2-6-19)3-4-11(9)21-8-13(14,15)16/h3-4,7,19H,2,5-6,8H2,1H3,(H2,17,18,20). The Labute approximate surface area is 120 Å². The Morgan fingerprint density at radius 2 is 2.10 bits per heavy atom. The van der Waals surface area contributed by atoms with Crippen molar-refractivity contribution in [3.05, 3.63) is 23.8 Å². The van der Waals surface area contributed by atoms with Crippen LogP contribution in [0.1, 0.15) is 12.0 Å². The maximum absolute atomic E-state index is 12.1. The quantitative estimate of drug-likeness (QED) is 0.707. The van der Waals surface area contributed by atoms with E-state index in [1.54, 1.807) is 6.92 Å². The summed E-state index contributed by atoms with van der Waals surface area (Å²) in [5.74, 6) is 0.110. The van der Waals surface area contributed by atoms with Gasteiger partial charge in [0.25, 0.3) is 0 Å². The molecule has 0 fully saturated rings. The summed E-state index contributed by atoms with van der Waals surface area (Å²) in [5.41, 5.74) is 0.917. The van der Waals surface area contributed by atoms with Crippen molar-refractivity contribution in [3.8, 4) is 5.75 Å². The molecule has 0 aromatic heterocycles. The van der Waals surface area contributed by atoms with Crippen LogP contribution in [0.2, 0.25) is 0 Å². The van der Waals surface area contributed by atoms with Crippen LogP contribution in [-0.2, 0) is 0 Å². The fourth-order valence-corrected chi connectivity index (χ4v) is 1.50. The summed E-state index contributed by atoms with van der Waals surface area (Å²) in [6.07, 6.45) is -3.95. The van der Waals surface area contributed by atoms with E-state index in [4.69, 9.17) is 5.11 Å². The van der Waals surface area contributed by atoms with Crippen molar-refractivity contribution < 1.29 is 27.8 Å². The summed E-state index contributed by atoms with van der Waals surface area (Å²) in [7, 11) is 0. The average Bonchev–Trinajstić information content (AvgIpc) is 2.37. The first-order valence-corrected chi connectivity index (χ1v) is 6.28. The number of rotatable bonds is 6. The second-order valence-electron chi connectivity index (χ2n) is 4.34. The van der Waals surface area contributed by atoms with Crippen LogP contribution in [0.25, 0.3) is 0 Å². The molecule has 1 rings (SSSR count). The van der Waals surface area contributed by atoms with E-state index in [-0.39, 0.29) is 12.4 Å². The van der Waals surface area contributed by atoms with E-state index >= 15 is 0 Å². The molecule has 0 aliphatic heterocycles. The molecule has 2 amide bonds. The van der Waals surface area contributed by atoms with Crippen LogP contribution < -0.4 is 15.4 Å². The van der Waals surface area contributed by atoms with Gasteiger partial charge in [0.2, 0.25) is 0 Å². The van der Waals surface area contributed by atoms with E-state index < -0.39 is 18.8 Å². The van der Waals surface area contributed by atoms with E-state index in [0.29, 0.717) is 24.2 Å². The van der Waals surface area contributed by atoms with Gasteiger partial charge in [-0.1, -0.05) is 0 Å². The Bertz CT molecular complexity index is 478. The van der Waals surface area contributed by atoms with Gasteiger partial charge in [0.1, 0.15) is 5.75 Å². The zero-order valence-corrected chi connectivity index (χ0v) is 11.5. The van der Waals surface area contributed by atoms with Gasteiger partial charge in [-0.2, -0.15) is 13.2 Å². The first-order chi connectivity index (χ1) is 9.81. The lowest BCUT2D eigenvalue weighted by atomic mass is 10.2. The number of urea groups is 1. The molecule has 5 nitrogen and oxygen atoms in total. The van der Waals surface area contributed by atoms with E-state index in [9.17, 15) is 18.0 Å². The molecule has 21 heavy (non-hydrogen) atoms. The van der Waals surface area contributed by atoms with Crippen molar-refractivity contribution in [1.82, 2.24) is 5.32 Å². The van der Waals surface area contributed by atoms with E-state index in [2.05, 4.69) is 15.4 Å². The van der Waals surface area contributed by atoms with Crippen molar-refractivity contribution in [2.75, 3.05) is 25.1 Å². The van der Waals surface area contributed by atoms with Gasteiger partial charge < -0.3 is 20.5 Å². The van der Waals surface area contributed by atoms with Crippen LogP contribution in [0.4, 0.5) is 23.7 Å². The van der Waals surface area contributed by atoms with Crippen molar-refractivity contribution in [2.45, 2.75) is 19.5 Å².